The molecule has 1 aromatic rings. The Kier molecular flexibility index (Phi) is 8.20. The van der Waals surface area contributed by atoms with E-state index >= 15 is 0 Å². The number of carbonyl (C=O) groups excluding carboxylic acids is 4. The summed E-state index contributed by atoms with van der Waals surface area (Å²) < 4.78 is 9.56. The zero-order valence-electron chi connectivity index (χ0n) is 17.7. The lowest BCUT2D eigenvalue weighted by atomic mass is 10.0. The van der Waals surface area contributed by atoms with E-state index in [1.165, 1.54) is 31.2 Å². The Hall–Kier alpha value is -2.95. The van der Waals surface area contributed by atoms with Gasteiger partial charge in [-0.1, -0.05) is 18.6 Å². The molecule has 2 fully saturated rings. The minimum atomic E-state index is -1.09. The SMILES string of the molecule is CC(=O)OCOC(=O)C(NC(=O)CCCC[C@@H]1SC[C@@H]2NC(=O)N[C@@H]21)c1ccc(O)cc1. The maximum atomic E-state index is 12.5. The van der Waals surface area contributed by atoms with Crippen LogP contribution in [-0.4, -0.2) is 58.9 Å². The van der Waals surface area contributed by atoms with E-state index in [9.17, 15) is 24.3 Å². The van der Waals surface area contributed by atoms with E-state index in [4.69, 9.17) is 4.74 Å². The van der Waals surface area contributed by atoms with Crippen LogP contribution >= 0.6 is 11.8 Å². The third-order valence-corrected chi connectivity index (χ3v) is 6.82. The number of esters is 2. The molecular weight excluding hydrogens is 438 g/mol. The van der Waals surface area contributed by atoms with Crippen molar-refractivity contribution in [3.8, 4) is 5.75 Å². The maximum absolute atomic E-state index is 12.5. The highest BCUT2D eigenvalue weighted by Crippen LogP contribution is 2.33. The van der Waals surface area contributed by atoms with Crippen LogP contribution in [-0.2, 0) is 23.9 Å². The number of fused-ring (bicyclic) bond motifs is 1. The van der Waals surface area contributed by atoms with Gasteiger partial charge in [0, 0.05) is 24.3 Å². The van der Waals surface area contributed by atoms with Gasteiger partial charge in [0.05, 0.1) is 12.1 Å². The molecule has 0 aromatic heterocycles. The number of carbonyl (C=O) groups is 4. The molecule has 32 heavy (non-hydrogen) atoms. The van der Waals surface area contributed by atoms with Gasteiger partial charge in [0.2, 0.25) is 12.7 Å². The zero-order valence-corrected chi connectivity index (χ0v) is 18.5. The third-order valence-electron chi connectivity index (χ3n) is 5.31. The number of phenolic OH excluding ortho intramolecular Hbond substituents is 1. The Balaban J connectivity index is 1.47. The molecule has 0 aliphatic carbocycles. The number of hydrogen-bond acceptors (Lipinski definition) is 8. The molecule has 3 amide bonds. The Morgan fingerprint density at radius 3 is 2.66 bits per heavy atom. The van der Waals surface area contributed by atoms with Crippen LogP contribution < -0.4 is 16.0 Å². The fourth-order valence-electron chi connectivity index (χ4n) is 3.71. The van der Waals surface area contributed by atoms with E-state index < -0.39 is 24.8 Å². The highest BCUT2D eigenvalue weighted by Gasteiger charge is 2.42. The molecule has 3 rings (SSSR count). The Bertz CT molecular complexity index is 848. The number of amides is 3. The van der Waals surface area contributed by atoms with Gasteiger partial charge in [0.25, 0.3) is 0 Å². The molecule has 2 heterocycles. The van der Waals surface area contributed by atoms with Crippen LogP contribution in [0.5, 0.6) is 5.75 Å². The molecule has 0 spiro atoms. The van der Waals surface area contributed by atoms with E-state index in [1.807, 2.05) is 11.8 Å². The van der Waals surface area contributed by atoms with Gasteiger partial charge < -0.3 is 30.5 Å². The van der Waals surface area contributed by atoms with E-state index in [2.05, 4.69) is 20.7 Å². The monoisotopic (exact) mass is 465 g/mol. The number of thioether (sulfide) groups is 1. The van der Waals surface area contributed by atoms with Crippen molar-refractivity contribution in [3.05, 3.63) is 29.8 Å². The molecule has 1 aromatic carbocycles. The van der Waals surface area contributed by atoms with E-state index in [-0.39, 0.29) is 36.2 Å². The topological polar surface area (TPSA) is 143 Å². The van der Waals surface area contributed by atoms with Crippen LogP contribution in [0.3, 0.4) is 0 Å². The van der Waals surface area contributed by atoms with Crippen LogP contribution in [0.15, 0.2) is 24.3 Å². The molecule has 10 nitrogen and oxygen atoms in total. The number of ether oxygens (including phenoxy) is 2. The maximum Gasteiger partial charge on any atom is 0.336 e. The average molecular weight is 466 g/mol. The van der Waals surface area contributed by atoms with Crippen molar-refractivity contribution in [1.82, 2.24) is 16.0 Å². The molecule has 2 saturated heterocycles. The first kappa shape index (κ1) is 23.7. The largest absolute Gasteiger partial charge is 0.508 e. The summed E-state index contributed by atoms with van der Waals surface area (Å²) in [6.07, 6.45) is 2.55. The summed E-state index contributed by atoms with van der Waals surface area (Å²) in [6, 6.07) is 4.90. The number of benzene rings is 1. The Labute approximate surface area is 189 Å². The fraction of sp³-hybridized carbons (Fsp3) is 0.524. The van der Waals surface area contributed by atoms with Gasteiger partial charge in [-0.3, -0.25) is 9.59 Å². The van der Waals surface area contributed by atoms with Gasteiger partial charge in [-0.05, 0) is 30.5 Å². The predicted octanol–water partition coefficient (Wildman–Crippen LogP) is 1.34. The van der Waals surface area contributed by atoms with Crippen LogP contribution in [0.2, 0.25) is 0 Å². The zero-order chi connectivity index (χ0) is 23.1. The molecule has 1 unspecified atom stereocenters. The van der Waals surface area contributed by atoms with E-state index in [0.717, 1.165) is 18.6 Å². The minimum absolute atomic E-state index is 0.0211. The summed E-state index contributed by atoms with van der Waals surface area (Å²) in [7, 11) is 0. The van der Waals surface area contributed by atoms with Crippen LogP contribution in [0, 0.1) is 0 Å². The van der Waals surface area contributed by atoms with Crippen LogP contribution in [0.25, 0.3) is 0 Å². The molecule has 0 saturated carbocycles. The van der Waals surface area contributed by atoms with Gasteiger partial charge in [-0.25, -0.2) is 9.59 Å². The predicted molar refractivity (Wildman–Crippen MR) is 116 cm³/mol. The third kappa shape index (κ3) is 6.52. The summed E-state index contributed by atoms with van der Waals surface area (Å²) in [5.41, 5.74) is 0.432. The van der Waals surface area contributed by atoms with Crippen LogP contribution in [0.1, 0.15) is 44.2 Å². The van der Waals surface area contributed by atoms with Crippen molar-refractivity contribution in [2.75, 3.05) is 12.5 Å². The smallest absolute Gasteiger partial charge is 0.336 e. The lowest BCUT2D eigenvalue weighted by molar-refractivity contribution is -0.168. The minimum Gasteiger partial charge on any atom is -0.508 e. The van der Waals surface area contributed by atoms with Crippen molar-refractivity contribution >= 4 is 35.6 Å². The standard InChI is InChI=1S/C21H27N3O7S/c1-12(25)30-11-31-20(28)18(13-6-8-14(26)9-7-13)23-17(27)5-3-2-4-16-19-15(10-32-16)22-21(29)24-19/h6-9,15-16,18-19,26H,2-5,10-11H2,1H3,(H,23,27)(H2,22,24,29)/t15-,16-,18?,19-/m0/s1. The van der Waals surface area contributed by atoms with Crippen molar-refractivity contribution < 1.29 is 33.8 Å². The molecule has 11 heteroatoms. The average Bonchev–Trinajstić information content (AvgIpc) is 3.29. The Morgan fingerprint density at radius 2 is 1.94 bits per heavy atom. The van der Waals surface area contributed by atoms with Gasteiger partial charge in [-0.15, -0.1) is 0 Å². The summed E-state index contributed by atoms with van der Waals surface area (Å²) in [4.78, 5) is 47.2. The highest BCUT2D eigenvalue weighted by atomic mass is 32.2. The van der Waals surface area contributed by atoms with E-state index in [0.29, 0.717) is 17.2 Å². The number of hydrogen-bond donors (Lipinski definition) is 4. The van der Waals surface area contributed by atoms with Crippen LogP contribution in [0.4, 0.5) is 4.79 Å². The first-order valence-corrected chi connectivity index (χ1v) is 11.5. The molecule has 0 bridgehead atoms. The molecule has 0 radical (unpaired) electrons. The van der Waals surface area contributed by atoms with Gasteiger partial charge >= 0.3 is 18.0 Å². The van der Waals surface area contributed by atoms with E-state index in [1.54, 1.807) is 0 Å². The molecule has 2 aliphatic rings. The second-order valence-electron chi connectivity index (χ2n) is 7.68. The van der Waals surface area contributed by atoms with Crippen molar-refractivity contribution in [2.45, 2.75) is 56.0 Å². The fourth-order valence-corrected chi connectivity index (χ4v) is 5.25. The van der Waals surface area contributed by atoms with Gasteiger partial charge in [0.1, 0.15) is 5.75 Å². The molecule has 4 atom stereocenters. The second kappa shape index (κ2) is 11.1. The number of phenols is 1. The lowest BCUT2D eigenvalue weighted by Gasteiger charge is -2.19. The van der Waals surface area contributed by atoms with Crippen molar-refractivity contribution in [2.24, 2.45) is 0 Å². The summed E-state index contributed by atoms with van der Waals surface area (Å²) in [5.74, 6) is -0.780. The molecular formula is C21H27N3O7S. The number of urea groups is 1. The van der Waals surface area contributed by atoms with Gasteiger partial charge in [0.15, 0.2) is 6.04 Å². The summed E-state index contributed by atoms with van der Waals surface area (Å²) in [6.45, 7) is 0.639. The first-order valence-electron chi connectivity index (χ1n) is 10.4. The number of aromatic hydroxyl groups is 1. The summed E-state index contributed by atoms with van der Waals surface area (Å²) >= 11 is 1.82. The number of unbranched alkanes of at least 4 members (excludes halogenated alkanes) is 1. The highest BCUT2D eigenvalue weighted by molar-refractivity contribution is 8.00. The number of nitrogens with one attached hydrogen (secondary N) is 3. The normalized spacial score (nSPS) is 22.3. The summed E-state index contributed by atoms with van der Waals surface area (Å²) in [5, 5.41) is 18.3. The molecule has 4 N–H and O–H groups in total. The molecule has 2 aliphatic heterocycles. The first-order chi connectivity index (χ1) is 15.3. The quantitative estimate of drug-likeness (QED) is 0.175. The van der Waals surface area contributed by atoms with Crippen molar-refractivity contribution in [1.29, 1.82) is 0 Å². The second-order valence-corrected chi connectivity index (χ2v) is 8.95. The Morgan fingerprint density at radius 1 is 1.19 bits per heavy atom. The van der Waals surface area contributed by atoms with Crippen molar-refractivity contribution in [3.63, 3.8) is 0 Å². The van der Waals surface area contributed by atoms with Gasteiger partial charge in [-0.2, -0.15) is 11.8 Å². The lowest BCUT2D eigenvalue weighted by Crippen LogP contribution is -2.37. The molecule has 174 valence electrons. The number of rotatable bonds is 10.